The summed E-state index contributed by atoms with van der Waals surface area (Å²) in [5.74, 6) is -0.925. The number of hydrogen-bond donors (Lipinski definition) is 3. The molecule has 1 rings (SSSR count). The Hall–Kier alpha value is -0.950. The molecule has 0 aromatic carbocycles. The molecule has 2 unspecified atom stereocenters. The third-order valence-electron chi connectivity index (χ3n) is 3.55. The van der Waals surface area contributed by atoms with Gasteiger partial charge in [-0.25, -0.2) is 4.79 Å². The average molecular weight is 302 g/mol. The van der Waals surface area contributed by atoms with E-state index < -0.39 is 24.5 Å². The largest absolute Gasteiger partial charge is 0.478 e. The van der Waals surface area contributed by atoms with Crippen LogP contribution in [0.3, 0.4) is 0 Å². The van der Waals surface area contributed by atoms with Gasteiger partial charge < -0.3 is 24.8 Å². The van der Waals surface area contributed by atoms with Crippen LogP contribution in [-0.2, 0) is 14.3 Å². The summed E-state index contributed by atoms with van der Waals surface area (Å²) in [7, 11) is 0. The zero-order chi connectivity index (χ0) is 15.8. The first-order valence-electron chi connectivity index (χ1n) is 7.46. The third-order valence-corrected chi connectivity index (χ3v) is 3.55. The van der Waals surface area contributed by atoms with Crippen LogP contribution in [0.15, 0.2) is 12.2 Å². The van der Waals surface area contributed by atoms with E-state index in [1.807, 2.05) is 6.92 Å². The molecule has 1 heterocycles. The molecular weight excluding hydrogens is 276 g/mol. The van der Waals surface area contributed by atoms with Crippen molar-refractivity contribution in [3.05, 3.63) is 12.2 Å². The second-order valence-electron chi connectivity index (χ2n) is 5.55. The van der Waals surface area contributed by atoms with Gasteiger partial charge in [-0.05, 0) is 33.1 Å². The van der Waals surface area contributed by atoms with Gasteiger partial charge in [0.1, 0.15) is 6.10 Å². The van der Waals surface area contributed by atoms with Crippen LogP contribution in [0.1, 0.15) is 46.0 Å². The number of aliphatic hydroxyl groups excluding tert-OH is 2. The molecule has 1 aliphatic rings. The number of carbonyl (C=O) groups is 1. The summed E-state index contributed by atoms with van der Waals surface area (Å²) in [6.07, 6.45) is 3.84. The Kier molecular flexibility index (Phi) is 7.88. The molecule has 0 aliphatic carbocycles. The van der Waals surface area contributed by atoms with E-state index in [0.29, 0.717) is 0 Å². The van der Waals surface area contributed by atoms with Gasteiger partial charge in [-0.2, -0.15) is 0 Å². The Morgan fingerprint density at radius 3 is 2.76 bits per heavy atom. The van der Waals surface area contributed by atoms with Gasteiger partial charge in [0.15, 0.2) is 6.29 Å². The zero-order valence-electron chi connectivity index (χ0n) is 12.6. The second-order valence-corrected chi connectivity index (χ2v) is 5.55. The summed E-state index contributed by atoms with van der Waals surface area (Å²) >= 11 is 0. The van der Waals surface area contributed by atoms with Crippen LogP contribution in [0.2, 0.25) is 0 Å². The molecule has 3 N–H and O–H groups in total. The summed E-state index contributed by atoms with van der Waals surface area (Å²) in [4.78, 5) is 10.3. The smallest absolute Gasteiger partial charge is 0.327 e. The number of carboxylic acid groups (broad SMARTS) is 1. The maximum atomic E-state index is 10.3. The number of aliphatic carboxylic acids is 1. The molecule has 1 aliphatic heterocycles. The predicted molar refractivity (Wildman–Crippen MR) is 76.8 cm³/mol. The molecule has 6 nitrogen and oxygen atoms in total. The number of allylic oxidation sites excluding steroid dienone is 1. The Balaban J connectivity index is 2.18. The Morgan fingerprint density at radius 2 is 2.10 bits per heavy atom. The minimum Gasteiger partial charge on any atom is -0.478 e. The van der Waals surface area contributed by atoms with Gasteiger partial charge in [0.05, 0.1) is 18.3 Å². The van der Waals surface area contributed by atoms with E-state index in [1.165, 1.54) is 0 Å². The van der Waals surface area contributed by atoms with E-state index in [2.05, 4.69) is 0 Å². The molecular formula is C15H26O6. The van der Waals surface area contributed by atoms with Crippen molar-refractivity contribution in [3.63, 3.8) is 0 Å². The quantitative estimate of drug-likeness (QED) is 0.464. The monoisotopic (exact) mass is 302 g/mol. The number of unbranched alkanes of at least 4 members (excludes halogenated alkanes) is 2. The van der Waals surface area contributed by atoms with Crippen LogP contribution < -0.4 is 0 Å². The number of carboxylic acids is 1. The van der Waals surface area contributed by atoms with Crippen molar-refractivity contribution < 1.29 is 29.6 Å². The highest BCUT2D eigenvalue weighted by Crippen LogP contribution is 2.23. The molecule has 0 bridgehead atoms. The van der Waals surface area contributed by atoms with Crippen LogP contribution in [0.4, 0.5) is 0 Å². The van der Waals surface area contributed by atoms with Crippen LogP contribution in [0, 0.1) is 0 Å². The lowest BCUT2D eigenvalue weighted by molar-refractivity contribution is -0.273. The second kappa shape index (κ2) is 9.15. The van der Waals surface area contributed by atoms with Crippen LogP contribution in [0.25, 0.3) is 0 Å². The molecule has 1 saturated heterocycles. The average Bonchev–Trinajstić information content (AvgIpc) is 2.39. The van der Waals surface area contributed by atoms with Crippen molar-refractivity contribution in [2.45, 2.75) is 76.7 Å². The summed E-state index contributed by atoms with van der Waals surface area (Å²) in [5.41, 5.74) is 0. The van der Waals surface area contributed by atoms with Crippen LogP contribution in [-0.4, -0.2) is 52.0 Å². The maximum absolute atomic E-state index is 10.3. The minimum absolute atomic E-state index is 0.0597. The Labute approximate surface area is 125 Å². The molecule has 0 saturated carbocycles. The zero-order valence-corrected chi connectivity index (χ0v) is 12.6. The van der Waals surface area contributed by atoms with Crippen molar-refractivity contribution >= 4 is 5.97 Å². The first-order chi connectivity index (χ1) is 9.90. The van der Waals surface area contributed by atoms with Crippen molar-refractivity contribution in [3.8, 4) is 0 Å². The first-order valence-corrected chi connectivity index (χ1v) is 7.46. The molecule has 0 spiro atoms. The highest BCUT2D eigenvalue weighted by molar-refractivity contribution is 5.79. The lowest BCUT2D eigenvalue weighted by Crippen LogP contribution is -2.48. The molecule has 0 aromatic rings. The summed E-state index contributed by atoms with van der Waals surface area (Å²) in [6.45, 7) is 3.67. The Morgan fingerprint density at radius 1 is 1.38 bits per heavy atom. The van der Waals surface area contributed by atoms with Crippen molar-refractivity contribution in [2.24, 2.45) is 0 Å². The van der Waals surface area contributed by atoms with Gasteiger partial charge >= 0.3 is 5.97 Å². The fourth-order valence-electron chi connectivity index (χ4n) is 2.24. The standard InChI is InChI=1S/C15H26O6/c1-10(7-5-3-4-6-8-14(18)19)20-15-13(17)9-12(16)11(2)21-15/h6,8,10-13,15-17H,3-5,7,9H2,1-2H3,(H,18,19)/b8-6+/t10-,11?,12-,13+,15?/m1/s1. The molecule has 1 fully saturated rings. The molecule has 5 atom stereocenters. The third kappa shape index (κ3) is 7.04. The van der Waals surface area contributed by atoms with Crippen LogP contribution in [0.5, 0.6) is 0 Å². The first kappa shape index (κ1) is 18.1. The van der Waals surface area contributed by atoms with Gasteiger partial charge in [0, 0.05) is 12.5 Å². The number of hydrogen-bond acceptors (Lipinski definition) is 5. The highest BCUT2D eigenvalue weighted by Gasteiger charge is 2.35. The molecule has 6 heteroatoms. The SMILES string of the molecule is CC1OC(O[C@H](C)CCCC/C=C/C(=O)O)[C@@H](O)C[C@H]1O. The Bertz CT molecular complexity index is 343. The van der Waals surface area contributed by atoms with Gasteiger partial charge in [-0.3, -0.25) is 0 Å². The fourth-order valence-corrected chi connectivity index (χ4v) is 2.24. The van der Waals surface area contributed by atoms with Gasteiger partial charge in [0.2, 0.25) is 0 Å². The summed E-state index contributed by atoms with van der Waals surface area (Å²) in [5, 5.41) is 27.8. The lowest BCUT2D eigenvalue weighted by Gasteiger charge is -2.36. The highest BCUT2D eigenvalue weighted by atomic mass is 16.7. The van der Waals surface area contributed by atoms with E-state index in [9.17, 15) is 15.0 Å². The van der Waals surface area contributed by atoms with E-state index >= 15 is 0 Å². The van der Waals surface area contributed by atoms with Crippen molar-refractivity contribution in [2.75, 3.05) is 0 Å². The molecule has 0 aromatic heterocycles. The van der Waals surface area contributed by atoms with Crippen molar-refractivity contribution in [1.29, 1.82) is 0 Å². The van der Waals surface area contributed by atoms with E-state index in [-0.39, 0.29) is 18.6 Å². The van der Waals surface area contributed by atoms with E-state index in [1.54, 1.807) is 13.0 Å². The molecule has 122 valence electrons. The molecule has 21 heavy (non-hydrogen) atoms. The van der Waals surface area contributed by atoms with Crippen LogP contribution >= 0.6 is 0 Å². The lowest BCUT2D eigenvalue weighted by atomic mass is 10.0. The minimum atomic E-state index is -0.925. The molecule has 0 radical (unpaired) electrons. The van der Waals surface area contributed by atoms with Gasteiger partial charge in [0.25, 0.3) is 0 Å². The predicted octanol–water partition coefficient (Wildman–Crippen LogP) is 1.45. The van der Waals surface area contributed by atoms with Gasteiger partial charge in [-0.15, -0.1) is 0 Å². The number of ether oxygens (including phenoxy) is 2. The van der Waals surface area contributed by atoms with Crippen molar-refractivity contribution in [1.82, 2.24) is 0 Å². The summed E-state index contributed by atoms with van der Waals surface area (Å²) < 4.78 is 11.1. The normalized spacial score (nSPS) is 31.4. The fraction of sp³-hybridized carbons (Fsp3) is 0.800. The molecule has 0 amide bonds. The maximum Gasteiger partial charge on any atom is 0.327 e. The van der Waals surface area contributed by atoms with Gasteiger partial charge in [-0.1, -0.05) is 12.5 Å². The number of rotatable bonds is 8. The topological polar surface area (TPSA) is 96.2 Å². The van der Waals surface area contributed by atoms with E-state index in [4.69, 9.17) is 14.6 Å². The summed E-state index contributed by atoms with van der Waals surface area (Å²) in [6, 6.07) is 0. The van der Waals surface area contributed by atoms with E-state index in [0.717, 1.165) is 31.8 Å². The number of aliphatic hydroxyl groups is 2.